The number of hydrogen-bond acceptors (Lipinski definition) is 5. The number of nitrogens with zero attached hydrogens (tertiary/aromatic N) is 5. The molecule has 0 unspecified atom stereocenters. The molecular weight excluding hydrogens is 542 g/mol. The van der Waals surface area contributed by atoms with Crippen molar-refractivity contribution in [3.05, 3.63) is 140 Å². The minimum atomic E-state index is 0.519. The topological polar surface area (TPSA) is 69.6 Å². The first-order valence-electron chi connectivity index (χ1n) is 14.5. The van der Waals surface area contributed by atoms with E-state index in [4.69, 9.17) is 19.4 Å². The number of benzene rings is 5. The van der Waals surface area contributed by atoms with E-state index in [1.165, 1.54) is 5.39 Å². The van der Waals surface area contributed by atoms with Crippen LogP contribution < -0.4 is 0 Å². The van der Waals surface area contributed by atoms with Crippen LogP contribution in [0.2, 0.25) is 0 Å². The van der Waals surface area contributed by atoms with Gasteiger partial charge in [0.25, 0.3) is 0 Å². The van der Waals surface area contributed by atoms with Gasteiger partial charge in [0.1, 0.15) is 16.9 Å². The molecule has 0 aliphatic carbocycles. The number of fused-ring (bicyclic) bond motifs is 6. The summed E-state index contributed by atoms with van der Waals surface area (Å²) in [7, 11) is 0. The van der Waals surface area contributed by atoms with Gasteiger partial charge >= 0.3 is 0 Å². The summed E-state index contributed by atoms with van der Waals surface area (Å²) < 4.78 is 8.84. The van der Waals surface area contributed by atoms with Crippen molar-refractivity contribution < 1.29 is 4.42 Å². The van der Waals surface area contributed by atoms with Crippen molar-refractivity contribution in [1.82, 2.24) is 24.5 Å². The number of hydrogen-bond donors (Lipinski definition) is 0. The van der Waals surface area contributed by atoms with E-state index in [1.54, 1.807) is 6.20 Å². The van der Waals surface area contributed by atoms with Crippen molar-refractivity contribution in [1.29, 1.82) is 0 Å². The first kappa shape index (κ1) is 24.5. The molecule has 0 N–H and O–H groups in total. The third-order valence-electron chi connectivity index (χ3n) is 8.11. The third kappa shape index (κ3) is 3.82. The monoisotopic (exact) mass is 565 g/mol. The molecule has 6 nitrogen and oxygen atoms in total. The largest absolute Gasteiger partial charge is 0.456 e. The predicted octanol–water partition coefficient (Wildman–Crippen LogP) is 9.26. The van der Waals surface area contributed by atoms with Crippen LogP contribution in [0.5, 0.6) is 0 Å². The summed E-state index contributed by atoms with van der Waals surface area (Å²) in [5.74, 6) is 1.68. The van der Waals surface area contributed by atoms with Gasteiger partial charge in [0, 0.05) is 44.6 Å². The zero-order valence-electron chi connectivity index (χ0n) is 23.4. The Morgan fingerprint density at radius 1 is 0.500 bits per heavy atom. The Labute approximate surface area is 251 Å². The van der Waals surface area contributed by atoms with Crippen molar-refractivity contribution in [2.75, 3.05) is 0 Å². The lowest BCUT2D eigenvalue weighted by Gasteiger charge is -2.09. The maximum absolute atomic E-state index is 6.52. The summed E-state index contributed by atoms with van der Waals surface area (Å²) in [6, 6.07) is 45.2. The van der Waals surface area contributed by atoms with Crippen LogP contribution in [0.1, 0.15) is 0 Å². The highest BCUT2D eigenvalue weighted by atomic mass is 16.3. The maximum atomic E-state index is 6.52. The minimum Gasteiger partial charge on any atom is -0.456 e. The Morgan fingerprint density at radius 2 is 1.25 bits per heavy atom. The van der Waals surface area contributed by atoms with Crippen LogP contribution in [0.3, 0.4) is 0 Å². The van der Waals surface area contributed by atoms with Gasteiger partial charge in [-0.1, -0.05) is 84.9 Å². The van der Waals surface area contributed by atoms with Gasteiger partial charge in [-0.3, -0.25) is 4.98 Å². The number of pyridine rings is 1. The summed E-state index contributed by atoms with van der Waals surface area (Å²) in [6.45, 7) is 0. The molecule has 9 aromatic rings. The van der Waals surface area contributed by atoms with Crippen LogP contribution in [0, 0.1) is 0 Å². The summed E-state index contributed by atoms with van der Waals surface area (Å²) in [5.41, 5.74) is 7.43. The Bertz CT molecular complexity index is 2430. The molecular formula is C38H23N5O. The van der Waals surface area contributed by atoms with E-state index in [9.17, 15) is 0 Å². The molecule has 0 aliphatic heterocycles. The number of para-hydroxylation sites is 2. The molecule has 0 spiro atoms. The quantitative estimate of drug-likeness (QED) is 0.213. The van der Waals surface area contributed by atoms with E-state index in [0.717, 1.165) is 55.2 Å². The first-order valence-corrected chi connectivity index (χ1v) is 14.5. The fraction of sp³-hybridized carbons (Fsp3) is 0. The lowest BCUT2D eigenvalue weighted by Crippen LogP contribution is -2.01. The fourth-order valence-corrected chi connectivity index (χ4v) is 6.15. The van der Waals surface area contributed by atoms with Gasteiger partial charge in [0.2, 0.25) is 0 Å². The molecule has 0 bridgehead atoms. The summed E-state index contributed by atoms with van der Waals surface area (Å²) in [4.78, 5) is 19.3. The first-order chi connectivity index (χ1) is 21.8. The Hall–Kier alpha value is -6.14. The molecule has 0 saturated heterocycles. The molecule has 0 amide bonds. The molecule has 0 saturated carbocycles. The second kappa shape index (κ2) is 9.71. The van der Waals surface area contributed by atoms with Gasteiger partial charge in [-0.2, -0.15) is 0 Å². The van der Waals surface area contributed by atoms with E-state index in [1.807, 2.05) is 66.7 Å². The Balaban J connectivity index is 1.35. The van der Waals surface area contributed by atoms with Gasteiger partial charge in [-0.15, -0.1) is 0 Å². The van der Waals surface area contributed by atoms with Gasteiger partial charge < -0.3 is 8.98 Å². The van der Waals surface area contributed by atoms with Crippen LogP contribution in [0.4, 0.5) is 0 Å². The predicted molar refractivity (Wildman–Crippen MR) is 176 cm³/mol. The molecule has 0 radical (unpaired) electrons. The summed E-state index contributed by atoms with van der Waals surface area (Å²) >= 11 is 0. The van der Waals surface area contributed by atoms with Crippen LogP contribution >= 0.6 is 0 Å². The van der Waals surface area contributed by atoms with Crippen molar-refractivity contribution in [3.63, 3.8) is 0 Å². The van der Waals surface area contributed by atoms with E-state index in [-0.39, 0.29) is 0 Å². The van der Waals surface area contributed by atoms with E-state index in [2.05, 4.69) is 76.3 Å². The zero-order chi connectivity index (χ0) is 29.0. The average molecular weight is 566 g/mol. The highest BCUT2D eigenvalue weighted by molar-refractivity contribution is 6.19. The molecule has 0 fully saturated rings. The van der Waals surface area contributed by atoms with E-state index < -0.39 is 0 Å². The molecule has 44 heavy (non-hydrogen) atoms. The SMILES string of the molecule is c1ccc(-c2nc(-c3ccccn3)nc(-c3cccc4oc5cc6c7ccccc7n(-c7ccccc7)c6cc5c34)n2)cc1. The number of rotatable bonds is 4. The van der Waals surface area contributed by atoms with Crippen LogP contribution in [-0.2, 0) is 0 Å². The van der Waals surface area contributed by atoms with Crippen molar-refractivity contribution in [2.24, 2.45) is 0 Å². The summed E-state index contributed by atoms with van der Waals surface area (Å²) in [5, 5.41) is 4.29. The summed E-state index contributed by atoms with van der Waals surface area (Å²) in [6.07, 6.45) is 1.75. The second-order valence-electron chi connectivity index (χ2n) is 10.7. The third-order valence-corrected chi connectivity index (χ3v) is 8.11. The number of furan rings is 1. The van der Waals surface area contributed by atoms with Crippen molar-refractivity contribution in [2.45, 2.75) is 0 Å². The Kier molecular flexibility index (Phi) is 5.40. The lowest BCUT2D eigenvalue weighted by molar-refractivity contribution is 0.669. The Morgan fingerprint density at radius 3 is 2.09 bits per heavy atom. The van der Waals surface area contributed by atoms with Crippen LogP contribution in [0.25, 0.3) is 83.7 Å². The minimum absolute atomic E-state index is 0.519. The van der Waals surface area contributed by atoms with E-state index in [0.29, 0.717) is 23.2 Å². The highest BCUT2D eigenvalue weighted by Crippen LogP contribution is 2.41. The second-order valence-corrected chi connectivity index (χ2v) is 10.7. The van der Waals surface area contributed by atoms with Gasteiger partial charge in [-0.05, 0) is 48.5 Å². The smallest absolute Gasteiger partial charge is 0.182 e. The van der Waals surface area contributed by atoms with Crippen LogP contribution in [0.15, 0.2) is 144 Å². The standard InChI is InChI=1S/C38H23N5O/c1-3-12-24(13-4-1)36-40-37(42-38(41-36)30-18-9-10-21-39-30)27-17-11-20-33-35(27)29-22-32-28(23-34(29)44-33)26-16-7-8-19-31(26)43(32)25-14-5-2-6-15-25/h1-23H. The molecule has 5 aromatic carbocycles. The fourth-order valence-electron chi connectivity index (χ4n) is 6.15. The van der Waals surface area contributed by atoms with Crippen molar-refractivity contribution >= 4 is 43.7 Å². The molecule has 206 valence electrons. The molecule has 0 aliphatic rings. The zero-order valence-corrected chi connectivity index (χ0v) is 23.4. The molecule has 9 rings (SSSR count). The normalized spacial score (nSPS) is 11.6. The van der Waals surface area contributed by atoms with Gasteiger partial charge in [0.15, 0.2) is 17.5 Å². The number of aromatic nitrogens is 5. The van der Waals surface area contributed by atoms with E-state index >= 15 is 0 Å². The maximum Gasteiger partial charge on any atom is 0.182 e. The molecule has 6 heteroatoms. The molecule has 4 aromatic heterocycles. The van der Waals surface area contributed by atoms with Crippen LogP contribution in [-0.4, -0.2) is 24.5 Å². The van der Waals surface area contributed by atoms with Gasteiger partial charge in [-0.25, -0.2) is 15.0 Å². The lowest BCUT2D eigenvalue weighted by atomic mass is 10.0. The average Bonchev–Trinajstić information content (AvgIpc) is 3.63. The van der Waals surface area contributed by atoms with Crippen molar-refractivity contribution in [3.8, 4) is 40.0 Å². The van der Waals surface area contributed by atoms with Gasteiger partial charge in [0.05, 0.1) is 11.0 Å². The highest BCUT2D eigenvalue weighted by Gasteiger charge is 2.20. The molecule has 4 heterocycles. The molecule has 0 atom stereocenters.